The number of nitrogens with two attached hydrogens (primary N) is 1. The third-order valence-corrected chi connectivity index (χ3v) is 4.09. The zero-order valence-corrected chi connectivity index (χ0v) is 11.9. The number of carbonyl (C=O) groups is 1. The number of anilines is 1. The van der Waals surface area contributed by atoms with E-state index < -0.39 is 0 Å². The van der Waals surface area contributed by atoms with Crippen LogP contribution in [0.5, 0.6) is 0 Å². The van der Waals surface area contributed by atoms with Crippen LogP contribution in [0.3, 0.4) is 0 Å². The number of aliphatic hydroxyl groups is 1. The number of carbonyl (C=O) groups excluding carboxylic acids is 1. The molecule has 1 aromatic heterocycles. The summed E-state index contributed by atoms with van der Waals surface area (Å²) in [4.78, 5) is 14.4. The Morgan fingerprint density at radius 3 is 3.10 bits per heavy atom. The molecule has 1 saturated heterocycles. The standard InChI is InChI=1S/C16H20N2O3/c17-13-3-4-14-12(8-13)9-15(21-14)16(20)18-6-1-2-11(10-18)5-7-19/h3-4,8-9,11,19H,1-2,5-7,10,17H2. The topological polar surface area (TPSA) is 79.7 Å². The Hall–Kier alpha value is -2.01. The molecular formula is C16H20N2O3. The second-order valence-corrected chi connectivity index (χ2v) is 5.68. The molecule has 3 N–H and O–H groups in total. The summed E-state index contributed by atoms with van der Waals surface area (Å²) in [6.45, 7) is 1.62. The highest BCUT2D eigenvalue weighted by Gasteiger charge is 2.26. The van der Waals surface area contributed by atoms with Crippen LogP contribution in [0.4, 0.5) is 5.69 Å². The molecule has 2 aromatic rings. The first-order valence-corrected chi connectivity index (χ1v) is 7.36. The smallest absolute Gasteiger partial charge is 0.289 e. The highest BCUT2D eigenvalue weighted by molar-refractivity contribution is 5.96. The quantitative estimate of drug-likeness (QED) is 0.849. The molecule has 1 amide bonds. The molecule has 5 heteroatoms. The lowest BCUT2D eigenvalue weighted by molar-refractivity contribution is 0.0624. The van der Waals surface area contributed by atoms with E-state index in [0.717, 1.165) is 31.2 Å². The second-order valence-electron chi connectivity index (χ2n) is 5.68. The Bertz CT molecular complexity index is 648. The first-order chi connectivity index (χ1) is 10.2. The first kappa shape index (κ1) is 13.9. The molecule has 1 atom stereocenters. The average Bonchev–Trinajstić information content (AvgIpc) is 2.90. The summed E-state index contributed by atoms with van der Waals surface area (Å²) in [7, 11) is 0. The minimum Gasteiger partial charge on any atom is -0.451 e. The normalized spacial score (nSPS) is 19.1. The number of nitrogen functional groups attached to an aromatic ring is 1. The third kappa shape index (κ3) is 2.88. The number of fused-ring (bicyclic) bond motifs is 1. The van der Waals surface area contributed by atoms with Crippen molar-refractivity contribution in [2.45, 2.75) is 19.3 Å². The van der Waals surface area contributed by atoms with Gasteiger partial charge in [0, 0.05) is 30.8 Å². The Balaban J connectivity index is 1.79. The van der Waals surface area contributed by atoms with E-state index in [0.29, 0.717) is 29.5 Å². The van der Waals surface area contributed by atoms with Crippen LogP contribution < -0.4 is 5.73 Å². The third-order valence-electron chi connectivity index (χ3n) is 4.09. The highest BCUT2D eigenvalue weighted by atomic mass is 16.3. The van der Waals surface area contributed by atoms with Crippen LogP contribution in [0.15, 0.2) is 28.7 Å². The monoisotopic (exact) mass is 288 g/mol. The van der Waals surface area contributed by atoms with E-state index in [9.17, 15) is 4.79 Å². The number of furan rings is 1. The molecule has 21 heavy (non-hydrogen) atoms. The van der Waals surface area contributed by atoms with Crippen LogP contribution in [-0.4, -0.2) is 35.6 Å². The molecular weight excluding hydrogens is 268 g/mol. The van der Waals surface area contributed by atoms with Gasteiger partial charge in [0.1, 0.15) is 5.58 Å². The number of amides is 1. The van der Waals surface area contributed by atoms with Crippen LogP contribution in [0.2, 0.25) is 0 Å². The Labute approximate surface area is 123 Å². The molecule has 1 aliphatic rings. The van der Waals surface area contributed by atoms with Crippen molar-refractivity contribution < 1.29 is 14.3 Å². The minimum atomic E-state index is -0.0765. The van der Waals surface area contributed by atoms with Gasteiger partial charge >= 0.3 is 0 Å². The number of nitrogens with zero attached hydrogens (tertiary/aromatic N) is 1. The number of aliphatic hydroxyl groups excluding tert-OH is 1. The summed E-state index contributed by atoms with van der Waals surface area (Å²) >= 11 is 0. The predicted octanol–water partition coefficient (Wildman–Crippen LogP) is 2.25. The van der Waals surface area contributed by atoms with Crippen LogP contribution in [0, 0.1) is 5.92 Å². The SMILES string of the molecule is Nc1ccc2oc(C(=O)N3CCCC(CCO)C3)cc2c1. The van der Waals surface area contributed by atoms with Crippen molar-refractivity contribution in [2.24, 2.45) is 5.92 Å². The van der Waals surface area contributed by atoms with Gasteiger partial charge in [-0.25, -0.2) is 0 Å². The first-order valence-electron chi connectivity index (χ1n) is 7.36. The molecule has 0 bridgehead atoms. The average molecular weight is 288 g/mol. The Morgan fingerprint density at radius 1 is 1.43 bits per heavy atom. The van der Waals surface area contributed by atoms with Crippen molar-refractivity contribution in [3.63, 3.8) is 0 Å². The number of piperidine rings is 1. The summed E-state index contributed by atoms with van der Waals surface area (Å²) in [6, 6.07) is 7.11. The molecule has 0 spiro atoms. The van der Waals surface area contributed by atoms with Gasteiger partial charge < -0.3 is 20.2 Å². The van der Waals surface area contributed by atoms with Gasteiger partial charge in [-0.05, 0) is 49.4 Å². The van der Waals surface area contributed by atoms with E-state index in [2.05, 4.69) is 0 Å². The molecule has 0 saturated carbocycles. The molecule has 1 fully saturated rings. The van der Waals surface area contributed by atoms with E-state index in [1.54, 1.807) is 24.3 Å². The van der Waals surface area contributed by atoms with Gasteiger partial charge in [0.25, 0.3) is 5.91 Å². The molecule has 112 valence electrons. The van der Waals surface area contributed by atoms with Crippen molar-refractivity contribution in [3.8, 4) is 0 Å². The fourth-order valence-electron chi connectivity index (χ4n) is 2.99. The van der Waals surface area contributed by atoms with E-state index in [-0.39, 0.29) is 12.5 Å². The summed E-state index contributed by atoms with van der Waals surface area (Å²) in [5.74, 6) is 0.667. The number of likely N-dealkylation sites (tertiary alicyclic amines) is 1. The predicted molar refractivity (Wildman–Crippen MR) is 81.0 cm³/mol. The number of hydrogen-bond acceptors (Lipinski definition) is 4. The van der Waals surface area contributed by atoms with Crippen LogP contribution in [0.1, 0.15) is 29.8 Å². The second kappa shape index (κ2) is 5.77. The van der Waals surface area contributed by atoms with Gasteiger partial charge in [-0.15, -0.1) is 0 Å². The molecule has 2 heterocycles. The lowest BCUT2D eigenvalue weighted by Crippen LogP contribution is -2.40. The van der Waals surface area contributed by atoms with Crippen molar-refractivity contribution in [1.29, 1.82) is 0 Å². The lowest BCUT2D eigenvalue weighted by atomic mass is 9.95. The van der Waals surface area contributed by atoms with Crippen LogP contribution in [0.25, 0.3) is 11.0 Å². The maximum Gasteiger partial charge on any atom is 0.289 e. The zero-order chi connectivity index (χ0) is 14.8. The molecule has 0 radical (unpaired) electrons. The fraction of sp³-hybridized carbons (Fsp3) is 0.438. The lowest BCUT2D eigenvalue weighted by Gasteiger charge is -2.31. The highest BCUT2D eigenvalue weighted by Crippen LogP contribution is 2.25. The van der Waals surface area contributed by atoms with Gasteiger partial charge in [-0.2, -0.15) is 0 Å². The molecule has 0 aliphatic carbocycles. The van der Waals surface area contributed by atoms with Crippen molar-refractivity contribution in [2.75, 3.05) is 25.4 Å². The van der Waals surface area contributed by atoms with Crippen molar-refractivity contribution in [3.05, 3.63) is 30.0 Å². The summed E-state index contributed by atoms with van der Waals surface area (Å²) in [5.41, 5.74) is 7.08. The molecule has 3 rings (SSSR count). The molecule has 1 aromatic carbocycles. The van der Waals surface area contributed by atoms with Crippen LogP contribution in [-0.2, 0) is 0 Å². The molecule has 5 nitrogen and oxygen atoms in total. The van der Waals surface area contributed by atoms with Gasteiger partial charge in [-0.1, -0.05) is 0 Å². The maximum atomic E-state index is 12.5. The van der Waals surface area contributed by atoms with E-state index >= 15 is 0 Å². The summed E-state index contributed by atoms with van der Waals surface area (Å²) < 4.78 is 5.64. The molecule has 1 unspecified atom stereocenters. The van der Waals surface area contributed by atoms with Gasteiger partial charge in [0.15, 0.2) is 5.76 Å². The van der Waals surface area contributed by atoms with Gasteiger partial charge in [0.2, 0.25) is 0 Å². The van der Waals surface area contributed by atoms with Crippen molar-refractivity contribution >= 4 is 22.6 Å². The largest absolute Gasteiger partial charge is 0.451 e. The molecule has 1 aliphatic heterocycles. The van der Waals surface area contributed by atoms with E-state index in [4.69, 9.17) is 15.3 Å². The summed E-state index contributed by atoms with van der Waals surface area (Å²) in [6.07, 6.45) is 2.80. The van der Waals surface area contributed by atoms with E-state index in [1.807, 2.05) is 4.90 Å². The van der Waals surface area contributed by atoms with Gasteiger partial charge in [0.05, 0.1) is 0 Å². The van der Waals surface area contributed by atoms with E-state index in [1.165, 1.54) is 0 Å². The van der Waals surface area contributed by atoms with Gasteiger partial charge in [-0.3, -0.25) is 4.79 Å². The minimum absolute atomic E-state index is 0.0765. The maximum absolute atomic E-state index is 12.5. The summed E-state index contributed by atoms with van der Waals surface area (Å²) in [5, 5.41) is 9.90. The fourth-order valence-corrected chi connectivity index (χ4v) is 2.99. The zero-order valence-electron chi connectivity index (χ0n) is 11.9. The number of hydrogen-bond donors (Lipinski definition) is 2. The number of rotatable bonds is 3. The number of benzene rings is 1. The van der Waals surface area contributed by atoms with Crippen molar-refractivity contribution in [1.82, 2.24) is 4.90 Å². The Morgan fingerprint density at radius 2 is 2.29 bits per heavy atom. The Kier molecular flexibility index (Phi) is 3.84. The van der Waals surface area contributed by atoms with Crippen LogP contribution >= 0.6 is 0 Å².